The number of nitro groups is 1. The number of carbonyl (C=O) groups excluding carboxylic acids is 1. The first-order chi connectivity index (χ1) is 12.0. The first kappa shape index (κ1) is 16.8. The van der Waals surface area contributed by atoms with E-state index >= 15 is 0 Å². The normalized spacial score (nSPS) is 14.0. The number of benzene rings is 2. The van der Waals surface area contributed by atoms with E-state index in [4.69, 9.17) is 0 Å². The Morgan fingerprint density at radius 2 is 2.12 bits per heavy atom. The minimum atomic E-state index is -0.691. The zero-order valence-electron chi connectivity index (χ0n) is 13.8. The van der Waals surface area contributed by atoms with Crippen LogP contribution in [0.3, 0.4) is 0 Å². The Morgan fingerprint density at radius 1 is 1.36 bits per heavy atom. The molecular formula is C18H19N3O4. The molecule has 0 saturated heterocycles. The SMILES string of the molecule is C[C@H](CNC(=O)c1ccc([N+](=O)[O-])c(O)c1)N1CCc2ccccc21. The summed E-state index contributed by atoms with van der Waals surface area (Å²) in [6, 6.07) is 11.9. The van der Waals surface area contributed by atoms with Gasteiger partial charge in [-0.3, -0.25) is 14.9 Å². The van der Waals surface area contributed by atoms with Crippen LogP contribution in [0.1, 0.15) is 22.8 Å². The number of carbonyl (C=O) groups is 1. The number of phenolic OH excluding ortho intramolecular Hbond substituents is 1. The van der Waals surface area contributed by atoms with Crippen molar-refractivity contribution in [3.63, 3.8) is 0 Å². The minimum absolute atomic E-state index is 0.110. The summed E-state index contributed by atoms with van der Waals surface area (Å²) in [5.74, 6) is -0.885. The van der Waals surface area contributed by atoms with Gasteiger partial charge in [-0.05, 0) is 37.1 Å². The fourth-order valence-corrected chi connectivity index (χ4v) is 3.09. The van der Waals surface area contributed by atoms with Crippen molar-refractivity contribution >= 4 is 17.3 Å². The lowest BCUT2D eigenvalue weighted by atomic mass is 10.1. The molecule has 2 aromatic rings. The van der Waals surface area contributed by atoms with Crippen LogP contribution in [-0.2, 0) is 6.42 Å². The minimum Gasteiger partial charge on any atom is -0.502 e. The zero-order valence-corrected chi connectivity index (χ0v) is 13.8. The molecule has 0 saturated carbocycles. The Morgan fingerprint density at radius 3 is 2.84 bits per heavy atom. The van der Waals surface area contributed by atoms with Crippen molar-refractivity contribution in [3.05, 3.63) is 63.7 Å². The van der Waals surface area contributed by atoms with Gasteiger partial charge in [0, 0.05) is 36.4 Å². The van der Waals surface area contributed by atoms with Crippen molar-refractivity contribution in [2.24, 2.45) is 0 Å². The maximum Gasteiger partial charge on any atom is 0.310 e. The summed E-state index contributed by atoms with van der Waals surface area (Å²) < 4.78 is 0. The number of nitro benzene ring substituents is 1. The first-order valence-corrected chi connectivity index (χ1v) is 8.07. The molecule has 0 fully saturated rings. The third kappa shape index (κ3) is 3.40. The molecule has 2 N–H and O–H groups in total. The molecule has 2 aromatic carbocycles. The molecule has 1 aliphatic rings. The van der Waals surface area contributed by atoms with E-state index in [1.807, 2.05) is 19.1 Å². The third-order valence-corrected chi connectivity index (χ3v) is 4.45. The van der Waals surface area contributed by atoms with Gasteiger partial charge in [0.1, 0.15) is 0 Å². The third-order valence-electron chi connectivity index (χ3n) is 4.45. The number of aromatic hydroxyl groups is 1. The standard InChI is InChI=1S/C18H19N3O4/c1-12(20-9-8-13-4-2-3-5-15(13)20)11-19-18(23)14-6-7-16(21(24)25)17(22)10-14/h2-7,10,12,22H,8-9,11H2,1H3,(H,19,23)/t12-/m1/s1. The van der Waals surface area contributed by atoms with Crippen molar-refractivity contribution in [2.75, 3.05) is 18.0 Å². The Bertz CT molecular complexity index is 822. The summed E-state index contributed by atoms with van der Waals surface area (Å²) in [5.41, 5.74) is 2.27. The summed E-state index contributed by atoms with van der Waals surface area (Å²) >= 11 is 0. The second-order valence-electron chi connectivity index (χ2n) is 6.09. The molecule has 1 atom stereocenters. The molecule has 0 aromatic heterocycles. The van der Waals surface area contributed by atoms with Crippen molar-refractivity contribution < 1.29 is 14.8 Å². The van der Waals surface area contributed by atoms with Gasteiger partial charge in [0.25, 0.3) is 5.91 Å². The van der Waals surface area contributed by atoms with Gasteiger partial charge in [-0.2, -0.15) is 0 Å². The number of fused-ring (bicyclic) bond motifs is 1. The van der Waals surface area contributed by atoms with Crippen LogP contribution in [0.25, 0.3) is 0 Å². The summed E-state index contributed by atoms with van der Waals surface area (Å²) in [6.45, 7) is 3.38. The quantitative estimate of drug-likeness (QED) is 0.643. The van der Waals surface area contributed by atoms with Gasteiger partial charge in [-0.15, -0.1) is 0 Å². The average Bonchev–Trinajstić information content (AvgIpc) is 3.03. The van der Waals surface area contributed by atoms with Gasteiger partial charge in [0.2, 0.25) is 0 Å². The highest BCUT2D eigenvalue weighted by Gasteiger charge is 2.23. The Labute approximate surface area is 145 Å². The molecule has 7 heteroatoms. The van der Waals surface area contributed by atoms with Crippen LogP contribution in [0.15, 0.2) is 42.5 Å². The van der Waals surface area contributed by atoms with Crippen molar-refractivity contribution in [1.29, 1.82) is 0 Å². The van der Waals surface area contributed by atoms with E-state index in [1.165, 1.54) is 17.3 Å². The largest absolute Gasteiger partial charge is 0.502 e. The predicted octanol–water partition coefficient (Wildman–Crippen LogP) is 2.48. The maximum atomic E-state index is 12.2. The average molecular weight is 341 g/mol. The summed E-state index contributed by atoms with van der Waals surface area (Å²) in [5, 5.41) is 23.2. The molecule has 130 valence electrons. The predicted molar refractivity (Wildman–Crippen MR) is 94.0 cm³/mol. The lowest BCUT2D eigenvalue weighted by Gasteiger charge is -2.27. The first-order valence-electron chi connectivity index (χ1n) is 8.07. The number of amides is 1. The topological polar surface area (TPSA) is 95.7 Å². The fourth-order valence-electron chi connectivity index (χ4n) is 3.09. The highest BCUT2D eigenvalue weighted by molar-refractivity contribution is 5.95. The summed E-state index contributed by atoms with van der Waals surface area (Å²) in [7, 11) is 0. The highest BCUT2D eigenvalue weighted by Crippen LogP contribution is 2.29. The molecule has 1 amide bonds. The summed E-state index contributed by atoms with van der Waals surface area (Å²) in [4.78, 5) is 24.5. The van der Waals surface area contributed by atoms with Gasteiger partial charge in [0.05, 0.1) is 4.92 Å². The molecule has 25 heavy (non-hydrogen) atoms. The lowest BCUT2D eigenvalue weighted by molar-refractivity contribution is -0.385. The Balaban J connectivity index is 1.63. The monoisotopic (exact) mass is 341 g/mol. The van der Waals surface area contributed by atoms with E-state index in [2.05, 4.69) is 22.3 Å². The fraction of sp³-hybridized carbons (Fsp3) is 0.278. The van der Waals surface area contributed by atoms with Crippen molar-refractivity contribution in [1.82, 2.24) is 5.32 Å². The van der Waals surface area contributed by atoms with Gasteiger partial charge in [-0.25, -0.2) is 0 Å². The van der Waals surface area contributed by atoms with Crippen LogP contribution in [0.5, 0.6) is 5.75 Å². The number of nitrogens with one attached hydrogen (secondary N) is 1. The van der Waals surface area contributed by atoms with E-state index < -0.39 is 16.4 Å². The van der Waals surface area contributed by atoms with Crippen LogP contribution in [-0.4, -0.2) is 35.1 Å². The van der Waals surface area contributed by atoms with E-state index in [0.717, 1.165) is 25.1 Å². The number of hydrogen-bond acceptors (Lipinski definition) is 5. The Kier molecular flexibility index (Phi) is 4.56. The molecular weight excluding hydrogens is 322 g/mol. The number of nitrogens with zero attached hydrogens (tertiary/aromatic N) is 2. The van der Waals surface area contributed by atoms with E-state index in [-0.39, 0.29) is 17.5 Å². The second kappa shape index (κ2) is 6.80. The van der Waals surface area contributed by atoms with Crippen LogP contribution in [0.4, 0.5) is 11.4 Å². The molecule has 7 nitrogen and oxygen atoms in total. The molecule has 1 aliphatic heterocycles. The number of anilines is 1. The second-order valence-corrected chi connectivity index (χ2v) is 6.09. The van der Waals surface area contributed by atoms with Gasteiger partial charge >= 0.3 is 5.69 Å². The van der Waals surface area contributed by atoms with E-state index in [1.54, 1.807) is 0 Å². The molecule has 0 spiro atoms. The number of phenols is 1. The van der Waals surface area contributed by atoms with Crippen molar-refractivity contribution in [3.8, 4) is 5.75 Å². The van der Waals surface area contributed by atoms with Crippen molar-refractivity contribution in [2.45, 2.75) is 19.4 Å². The smallest absolute Gasteiger partial charge is 0.310 e. The molecule has 3 rings (SSSR count). The van der Waals surface area contributed by atoms with Crippen LogP contribution in [0.2, 0.25) is 0 Å². The molecule has 0 radical (unpaired) electrons. The van der Waals surface area contributed by atoms with E-state index in [0.29, 0.717) is 6.54 Å². The zero-order chi connectivity index (χ0) is 18.0. The number of hydrogen-bond donors (Lipinski definition) is 2. The number of para-hydroxylation sites is 1. The summed E-state index contributed by atoms with van der Waals surface area (Å²) in [6.07, 6.45) is 0.991. The highest BCUT2D eigenvalue weighted by atomic mass is 16.6. The van der Waals surface area contributed by atoms with Gasteiger partial charge in [0.15, 0.2) is 5.75 Å². The molecule has 0 aliphatic carbocycles. The van der Waals surface area contributed by atoms with Crippen LogP contribution >= 0.6 is 0 Å². The van der Waals surface area contributed by atoms with Crippen LogP contribution < -0.4 is 10.2 Å². The molecule has 0 bridgehead atoms. The van der Waals surface area contributed by atoms with Gasteiger partial charge < -0.3 is 15.3 Å². The maximum absolute atomic E-state index is 12.2. The van der Waals surface area contributed by atoms with E-state index in [9.17, 15) is 20.0 Å². The number of rotatable bonds is 5. The molecule has 1 heterocycles. The Hall–Kier alpha value is -3.09. The van der Waals surface area contributed by atoms with Crippen LogP contribution in [0, 0.1) is 10.1 Å². The molecule has 0 unspecified atom stereocenters. The lowest BCUT2D eigenvalue weighted by Crippen LogP contribution is -2.41. The van der Waals surface area contributed by atoms with Gasteiger partial charge in [-0.1, -0.05) is 18.2 Å².